The lowest BCUT2D eigenvalue weighted by Crippen LogP contribution is -2.67. The van der Waals surface area contributed by atoms with Crippen LogP contribution in [0.4, 0.5) is 26.0 Å². The third-order valence-corrected chi connectivity index (χ3v) is 12.5. The molecule has 322 valence electrons. The molecule has 3 fully saturated rings. The number of nitrogen functional groups attached to an aromatic ring is 1. The average Bonchev–Trinajstić information content (AvgIpc) is 3.53. The van der Waals surface area contributed by atoms with Crippen LogP contribution in [0.25, 0.3) is 21.8 Å². The van der Waals surface area contributed by atoms with Crippen LogP contribution in [0, 0.1) is 34.3 Å². The van der Waals surface area contributed by atoms with Crippen LogP contribution in [0.1, 0.15) is 44.6 Å². The summed E-state index contributed by atoms with van der Waals surface area (Å²) < 4.78 is 41.0. The van der Waals surface area contributed by atoms with E-state index in [-0.39, 0.29) is 51.9 Å². The van der Waals surface area contributed by atoms with E-state index in [9.17, 15) is 24.0 Å². The van der Waals surface area contributed by atoms with Gasteiger partial charge in [0.05, 0.1) is 34.1 Å². The molecule has 1 aliphatic carbocycles. The van der Waals surface area contributed by atoms with Gasteiger partial charge in [-0.15, -0.1) is 0 Å². The molecule has 5 aromatic rings. The first kappa shape index (κ1) is 43.3. The monoisotopic (exact) mass is 855 g/mol. The van der Waals surface area contributed by atoms with E-state index in [1.807, 2.05) is 37.5 Å². The summed E-state index contributed by atoms with van der Waals surface area (Å²) in [6, 6.07) is 12.9. The summed E-state index contributed by atoms with van der Waals surface area (Å²) in [5, 5.41) is 17.2. The number of nitriles is 1. The Bertz CT molecular complexity index is 2540. The minimum absolute atomic E-state index is 0.0960. The van der Waals surface area contributed by atoms with Crippen LogP contribution >= 0.6 is 12.8 Å². The summed E-state index contributed by atoms with van der Waals surface area (Å²) in [5.74, 6) is -0.626. The summed E-state index contributed by atoms with van der Waals surface area (Å²) in [7, 11) is 5.53. The molecule has 15 nitrogen and oxygen atoms in total. The third kappa shape index (κ3) is 9.14. The molecule has 2 amide bonds. The molecule has 3 N–H and O–H groups in total. The van der Waals surface area contributed by atoms with E-state index in [0.717, 1.165) is 70.0 Å². The van der Waals surface area contributed by atoms with E-state index >= 15 is 4.39 Å². The number of benzene rings is 3. The third-order valence-electron chi connectivity index (χ3n) is 12.2. The van der Waals surface area contributed by atoms with Crippen molar-refractivity contribution in [1.29, 1.82) is 5.26 Å². The average molecular weight is 856 g/mol. The predicted octanol–water partition coefficient (Wildman–Crippen LogP) is 5.07. The first-order chi connectivity index (χ1) is 29.2. The number of imide groups is 1. The molecule has 1 spiro atoms. The quantitative estimate of drug-likeness (QED) is 0.0867. The number of ether oxygens (including phenoxy) is 1. The van der Waals surface area contributed by atoms with Crippen LogP contribution in [0.15, 0.2) is 53.6 Å². The van der Waals surface area contributed by atoms with Gasteiger partial charge in [-0.2, -0.15) is 10.4 Å². The van der Waals surface area contributed by atoms with Crippen molar-refractivity contribution in [3.8, 4) is 17.6 Å². The summed E-state index contributed by atoms with van der Waals surface area (Å²) in [4.78, 5) is 46.8. The summed E-state index contributed by atoms with van der Waals surface area (Å²) in [5.41, 5.74) is 7.66. The molecule has 18 heteroatoms. The normalized spacial score (nSPS) is 16.5. The van der Waals surface area contributed by atoms with Gasteiger partial charge in [0.15, 0.2) is 17.4 Å². The summed E-state index contributed by atoms with van der Waals surface area (Å²) >= 11 is 3.93. The van der Waals surface area contributed by atoms with Crippen LogP contribution in [-0.2, 0) is 23.2 Å². The fourth-order valence-electron chi connectivity index (χ4n) is 8.69. The van der Waals surface area contributed by atoms with Gasteiger partial charge >= 0.3 is 0 Å². The van der Waals surface area contributed by atoms with Crippen molar-refractivity contribution < 1.29 is 23.1 Å². The zero-order valence-corrected chi connectivity index (χ0v) is 35.7. The molecule has 4 heterocycles. The molecular formula is C43H51F2N11O4S. The van der Waals surface area contributed by atoms with Crippen molar-refractivity contribution in [1.82, 2.24) is 33.9 Å². The molecule has 0 atom stereocenters. The highest BCUT2D eigenvalue weighted by Gasteiger charge is 2.54. The number of fused-ring (bicyclic) bond motifs is 2. The number of aryl methyl sites for hydroxylation is 1. The van der Waals surface area contributed by atoms with E-state index in [1.165, 1.54) is 18.2 Å². The highest BCUT2D eigenvalue weighted by molar-refractivity contribution is 7.77. The van der Waals surface area contributed by atoms with Crippen LogP contribution < -0.4 is 31.1 Å². The van der Waals surface area contributed by atoms with Crippen molar-refractivity contribution in [3.63, 3.8) is 0 Å². The van der Waals surface area contributed by atoms with E-state index in [1.54, 1.807) is 39.7 Å². The number of thiol groups is 1. The van der Waals surface area contributed by atoms with Gasteiger partial charge in [0.25, 0.3) is 5.56 Å². The molecule has 1 saturated carbocycles. The topological polar surface area (TPSA) is 171 Å². The van der Waals surface area contributed by atoms with Gasteiger partial charge in [0.2, 0.25) is 12.3 Å². The summed E-state index contributed by atoms with van der Waals surface area (Å²) in [6.45, 7) is 7.41. The number of carbonyl (C=O) groups excluding carboxylic acids is 2. The number of aromatic nitrogens is 4. The zero-order chi connectivity index (χ0) is 43.6. The standard InChI is InChI=1S/C40H42F2N10O4.C3H9NS/c1-48(10-9-36(54)46-23-53)38-28-14-31(42)35(15-34(28)49(2)47-38)52-20-40(21-52)16-25(17-40)50-11-7-24(8-12-50)19-51-22-45-33-6-3-26(13-27(33)39(51)55)56-37-29(18-43)32(44)5-4-30(37)41;1-3-4(2)5/h3-6,13-15,22-25H,7-12,16-17,19-21,44H2,1-2H3,(H,46,53,54);5H,3H2,1-2H3. The smallest absolute Gasteiger partial charge is 0.261 e. The molecule has 0 unspecified atom stereocenters. The molecular weight excluding hydrogens is 805 g/mol. The van der Waals surface area contributed by atoms with Gasteiger partial charge < -0.3 is 25.2 Å². The maximum absolute atomic E-state index is 15.6. The Balaban J connectivity index is 0.00000106. The van der Waals surface area contributed by atoms with Crippen molar-refractivity contribution in [2.45, 2.75) is 51.6 Å². The van der Waals surface area contributed by atoms with Crippen molar-refractivity contribution >= 4 is 64.1 Å². The Morgan fingerprint density at radius 3 is 2.51 bits per heavy atom. The predicted molar refractivity (Wildman–Crippen MR) is 234 cm³/mol. The van der Waals surface area contributed by atoms with Gasteiger partial charge in [0.1, 0.15) is 23.2 Å². The number of nitrogens with two attached hydrogens (primary N) is 1. The number of nitrogens with one attached hydrogen (secondary N) is 1. The number of halogens is 2. The first-order valence-electron chi connectivity index (χ1n) is 20.4. The molecule has 3 aromatic carbocycles. The molecule has 2 aliphatic heterocycles. The lowest BCUT2D eigenvalue weighted by atomic mass is 9.60. The zero-order valence-electron chi connectivity index (χ0n) is 34.8. The van der Waals surface area contributed by atoms with Gasteiger partial charge in [-0.3, -0.25) is 33.3 Å². The van der Waals surface area contributed by atoms with Crippen LogP contribution in [0.5, 0.6) is 11.5 Å². The number of hydrogen-bond acceptors (Lipinski definition) is 13. The maximum atomic E-state index is 15.6. The number of carbonyl (C=O) groups is 2. The second kappa shape index (κ2) is 18.1. The second-order valence-corrected chi connectivity index (χ2v) is 17.1. The number of likely N-dealkylation sites (tertiary alicyclic amines) is 1. The molecule has 0 bridgehead atoms. The fraction of sp³-hybridized carbons (Fsp3) is 0.442. The van der Waals surface area contributed by atoms with Gasteiger partial charge in [-0.05, 0) is 94.2 Å². The number of anilines is 3. The molecule has 2 saturated heterocycles. The molecule has 0 radical (unpaired) electrons. The minimum Gasteiger partial charge on any atom is -0.453 e. The lowest BCUT2D eigenvalue weighted by Gasteiger charge is -2.62. The Morgan fingerprint density at radius 2 is 1.84 bits per heavy atom. The van der Waals surface area contributed by atoms with Crippen LogP contribution in [0.3, 0.4) is 0 Å². The largest absolute Gasteiger partial charge is 0.453 e. The van der Waals surface area contributed by atoms with Gasteiger partial charge in [0, 0.05) is 70.1 Å². The highest BCUT2D eigenvalue weighted by Crippen LogP contribution is 2.52. The Labute approximate surface area is 358 Å². The number of rotatable bonds is 12. The van der Waals surface area contributed by atoms with E-state index in [4.69, 9.17) is 10.5 Å². The van der Waals surface area contributed by atoms with Crippen molar-refractivity contribution in [3.05, 3.63) is 76.3 Å². The van der Waals surface area contributed by atoms with Gasteiger partial charge in [-0.25, -0.2) is 13.8 Å². The second-order valence-electron chi connectivity index (χ2n) is 16.4. The van der Waals surface area contributed by atoms with Crippen molar-refractivity contribution in [2.24, 2.45) is 18.4 Å². The molecule has 8 rings (SSSR count). The summed E-state index contributed by atoms with van der Waals surface area (Å²) in [6.07, 6.45) is 6.10. The van der Waals surface area contributed by atoms with Crippen LogP contribution in [0.2, 0.25) is 0 Å². The highest BCUT2D eigenvalue weighted by atomic mass is 32.1. The Hall–Kier alpha value is -5.77. The number of amides is 2. The molecule has 2 aromatic heterocycles. The molecule has 3 aliphatic rings. The number of nitrogens with zero attached hydrogens (tertiary/aromatic N) is 9. The van der Waals surface area contributed by atoms with E-state index in [0.29, 0.717) is 59.3 Å². The fourth-order valence-corrected chi connectivity index (χ4v) is 8.69. The van der Waals surface area contributed by atoms with Crippen molar-refractivity contribution in [2.75, 3.05) is 68.9 Å². The minimum atomic E-state index is -0.730. The lowest BCUT2D eigenvalue weighted by molar-refractivity contribution is -0.125. The SMILES string of the molecule is CCN(C)S.CN(CCC(=O)NC=O)c1nn(C)c2cc(N3CC4(CC(N5CCC(Cn6cnc7ccc(Oc8c(F)ccc(N)c8C#N)cc7c6=O)CC5)C4)C3)c(F)cc12. The number of hydrogen-bond donors (Lipinski definition) is 3. The first-order valence-corrected chi connectivity index (χ1v) is 20.8. The number of piperidine rings is 1. The van der Waals surface area contributed by atoms with E-state index < -0.39 is 5.82 Å². The van der Waals surface area contributed by atoms with E-state index in [2.05, 4.69) is 38.0 Å². The maximum Gasteiger partial charge on any atom is 0.261 e. The molecule has 61 heavy (non-hydrogen) atoms. The van der Waals surface area contributed by atoms with Gasteiger partial charge in [-0.1, -0.05) is 19.7 Å². The Kier molecular flexibility index (Phi) is 12.8. The van der Waals surface area contributed by atoms with Crippen LogP contribution in [-0.4, -0.2) is 100 Å². The Morgan fingerprint density at radius 1 is 1.11 bits per heavy atom.